The lowest BCUT2D eigenvalue weighted by molar-refractivity contribution is -0.274. The number of halogens is 8. The van der Waals surface area contributed by atoms with Crippen molar-refractivity contribution in [2.75, 3.05) is 0 Å². The molecule has 0 aromatic heterocycles. The van der Waals surface area contributed by atoms with Gasteiger partial charge in [0.2, 0.25) is 0 Å². The van der Waals surface area contributed by atoms with Gasteiger partial charge in [-0.05, 0) is 35.4 Å². The van der Waals surface area contributed by atoms with Crippen molar-refractivity contribution >= 4 is 24.0 Å². The highest BCUT2D eigenvalue weighted by molar-refractivity contribution is 6.31. The van der Waals surface area contributed by atoms with Crippen LogP contribution >= 0.6 is 24.0 Å². The second kappa shape index (κ2) is 7.72. The molecule has 2 rings (SSSR count). The fourth-order valence-corrected chi connectivity index (χ4v) is 2.32. The van der Waals surface area contributed by atoms with Crippen molar-refractivity contribution in [3.05, 3.63) is 64.2 Å². The largest absolute Gasteiger partial charge is 0.573 e. The molecule has 10 heteroatoms. The zero-order valence-corrected chi connectivity index (χ0v) is 13.7. The number of hydrogen-bond acceptors (Lipinski definition) is 2. The quantitative estimate of drug-likeness (QED) is 0.662. The molecule has 1 atom stereocenters. The van der Waals surface area contributed by atoms with Gasteiger partial charge in [0, 0.05) is 0 Å². The summed E-state index contributed by atoms with van der Waals surface area (Å²) in [4.78, 5) is 0. The summed E-state index contributed by atoms with van der Waals surface area (Å²) >= 11 is 5.62. The van der Waals surface area contributed by atoms with Gasteiger partial charge in [-0.1, -0.05) is 29.8 Å². The van der Waals surface area contributed by atoms with Crippen LogP contribution < -0.4 is 10.5 Å². The van der Waals surface area contributed by atoms with Gasteiger partial charge < -0.3 is 10.5 Å². The summed E-state index contributed by atoms with van der Waals surface area (Å²) in [6.45, 7) is 0. The molecule has 138 valence electrons. The molecule has 0 aliphatic rings. The minimum Gasteiger partial charge on any atom is -0.406 e. The molecule has 0 amide bonds. The van der Waals surface area contributed by atoms with Crippen LogP contribution in [-0.4, -0.2) is 6.36 Å². The van der Waals surface area contributed by atoms with E-state index in [1.807, 2.05) is 0 Å². The van der Waals surface area contributed by atoms with E-state index in [2.05, 4.69) is 4.74 Å². The number of rotatable bonds is 3. The van der Waals surface area contributed by atoms with Crippen molar-refractivity contribution in [2.45, 2.75) is 18.6 Å². The maximum atomic E-state index is 12.7. The van der Waals surface area contributed by atoms with Crippen molar-refractivity contribution in [3.8, 4) is 5.75 Å². The summed E-state index contributed by atoms with van der Waals surface area (Å²) in [5, 5.41) is -0.507. The predicted octanol–water partition coefficient (Wildman–Crippen LogP) is 5.73. The number of benzene rings is 2. The molecular weight excluding hydrogens is 395 g/mol. The van der Waals surface area contributed by atoms with Crippen LogP contribution in [0, 0.1) is 0 Å². The maximum Gasteiger partial charge on any atom is 0.573 e. The first-order chi connectivity index (χ1) is 11.0. The Bertz CT molecular complexity index is 715. The van der Waals surface area contributed by atoms with Gasteiger partial charge in [0.1, 0.15) is 5.75 Å². The summed E-state index contributed by atoms with van der Waals surface area (Å²) < 4.78 is 78.0. The van der Waals surface area contributed by atoms with Crippen LogP contribution in [0.1, 0.15) is 22.7 Å². The summed E-state index contributed by atoms with van der Waals surface area (Å²) in [5.41, 5.74) is 5.61. The fourth-order valence-electron chi connectivity index (χ4n) is 2.02. The third kappa shape index (κ3) is 5.69. The van der Waals surface area contributed by atoms with Gasteiger partial charge in [-0.2, -0.15) is 13.2 Å². The molecule has 0 saturated heterocycles. The molecule has 0 radical (unpaired) electrons. The van der Waals surface area contributed by atoms with Gasteiger partial charge in [-0.3, -0.25) is 0 Å². The first-order valence-electron chi connectivity index (χ1n) is 6.45. The van der Waals surface area contributed by atoms with Crippen LogP contribution in [0.5, 0.6) is 5.75 Å². The average Bonchev–Trinajstić information content (AvgIpc) is 2.44. The Kier molecular flexibility index (Phi) is 6.61. The summed E-state index contributed by atoms with van der Waals surface area (Å²) in [6, 6.07) is 6.90. The first kappa shape index (κ1) is 21.4. The normalized spacial score (nSPS) is 13.1. The number of ether oxygens (including phenoxy) is 1. The summed E-state index contributed by atoms with van der Waals surface area (Å²) in [6.07, 6.45) is -9.40. The van der Waals surface area contributed by atoms with Crippen LogP contribution in [-0.2, 0) is 6.18 Å². The highest BCUT2D eigenvalue weighted by Gasteiger charge is 2.33. The van der Waals surface area contributed by atoms with Crippen molar-refractivity contribution in [3.63, 3.8) is 0 Å². The van der Waals surface area contributed by atoms with Crippen molar-refractivity contribution in [1.82, 2.24) is 0 Å². The third-order valence-corrected chi connectivity index (χ3v) is 3.44. The maximum absolute atomic E-state index is 12.7. The Morgan fingerprint density at radius 1 is 0.880 bits per heavy atom. The minimum absolute atomic E-state index is 0. The molecule has 25 heavy (non-hydrogen) atoms. The van der Waals surface area contributed by atoms with Crippen LogP contribution in [0.3, 0.4) is 0 Å². The van der Waals surface area contributed by atoms with Gasteiger partial charge in [0.25, 0.3) is 0 Å². The molecule has 2 aromatic rings. The predicted molar refractivity (Wildman–Crippen MR) is 82.9 cm³/mol. The van der Waals surface area contributed by atoms with Crippen molar-refractivity contribution < 1.29 is 31.1 Å². The molecule has 2 N–H and O–H groups in total. The molecule has 0 saturated carbocycles. The number of alkyl halides is 6. The molecule has 0 unspecified atom stereocenters. The van der Waals surface area contributed by atoms with E-state index in [-0.39, 0.29) is 18.0 Å². The van der Waals surface area contributed by atoms with E-state index in [1.54, 1.807) is 0 Å². The standard InChI is InChI=1S/C15H10ClF6NO.ClH/c16-12-7-9(3-6-11(12)14(17,18)19)13(23)8-1-4-10(5-2-8)24-15(20,21)22;/h1-7,13H,23H2;1H/t13-;/m0./s1. The molecule has 0 bridgehead atoms. The lowest BCUT2D eigenvalue weighted by Gasteiger charge is -2.16. The number of nitrogens with two attached hydrogens (primary N) is 1. The molecule has 0 heterocycles. The molecular formula is C15H11Cl2F6NO. The van der Waals surface area contributed by atoms with Crippen LogP contribution in [0.2, 0.25) is 5.02 Å². The van der Waals surface area contributed by atoms with Crippen LogP contribution in [0.15, 0.2) is 42.5 Å². The molecule has 0 spiro atoms. The zero-order chi connectivity index (χ0) is 18.1. The van der Waals surface area contributed by atoms with Gasteiger partial charge >= 0.3 is 12.5 Å². The average molecular weight is 406 g/mol. The zero-order valence-electron chi connectivity index (χ0n) is 12.2. The Labute approximate surface area is 149 Å². The second-order valence-electron chi connectivity index (χ2n) is 4.83. The van der Waals surface area contributed by atoms with E-state index in [0.29, 0.717) is 5.56 Å². The SMILES string of the molecule is Cl.N[C@@H](c1ccc(OC(F)(F)F)cc1)c1ccc(C(F)(F)F)c(Cl)c1. The third-order valence-electron chi connectivity index (χ3n) is 3.13. The van der Waals surface area contributed by atoms with Crippen molar-refractivity contribution in [1.29, 1.82) is 0 Å². The topological polar surface area (TPSA) is 35.2 Å². The highest BCUT2D eigenvalue weighted by Crippen LogP contribution is 2.36. The molecule has 0 fully saturated rings. The highest BCUT2D eigenvalue weighted by atomic mass is 35.5. The van der Waals surface area contributed by atoms with E-state index < -0.39 is 34.9 Å². The fraction of sp³-hybridized carbons (Fsp3) is 0.200. The van der Waals surface area contributed by atoms with E-state index in [9.17, 15) is 26.3 Å². The van der Waals surface area contributed by atoms with Gasteiger partial charge in [0.05, 0.1) is 16.6 Å². The van der Waals surface area contributed by atoms with Crippen LogP contribution in [0.4, 0.5) is 26.3 Å². The Morgan fingerprint density at radius 2 is 1.40 bits per heavy atom. The lowest BCUT2D eigenvalue weighted by Crippen LogP contribution is -2.17. The van der Waals surface area contributed by atoms with Gasteiger partial charge in [0.15, 0.2) is 0 Å². The van der Waals surface area contributed by atoms with E-state index in [4.69, 9.17) is 17.3 Å². The molecule has 2 aromatic carbocycles. The van der Waals surface area contributed by atoms with E-state index in [1.165, 1.54) is 18.2 Å². The van der Waals surface area contributed by atoms with Crippen molar-refractivity contribution in [2.24, 2.45) is 5.73 Å². The van der Waals surface area contributed by atoms with Gasteiger partial charge in [-0.25, -0.2) is 0 Å². The Morgan fingerprint density at radius 3 is 1.84 bits per heavy atom. The minimum atomic E-state index is -4.81. The summed E-state index contributed by atoms with van der Waals surface area (Å²) in [5.74, 6) is -0.427. The van der Waals surface area contributed by atoms with Crippen LogP contribution in [0.25, 0.3) is 0 Å². The molecule has 0 aliphatic carbocycles. The summed E-state index contributed by atoms with van der Waals surface area (Å²) in [7, 11) is 0. The lowest BCUT2D eigenvalue weighted by atomic mass is 9.98. The van der Waals surface area contributed by atoms with E-state index in [0.717, 1.165) is 24.3 Å². The monoisotopic (exact) mass is 405 g/mol. The second-order valence-corrected chi connectivity index (χ2v) is 5.24. The molecule has 2 nitrogen and oxygen atoms in total. The smallest absolute Gasteiger partial charge is 0.406 e. The Hall–Kier alpha value is -1.64. The van der Waals surface area contributed by atoms with Gasteiger partial charge in [-0.15, -0.1) is 25.6 Å². The molecule has 0 aliphatic heterocycles. The number of hydrogen-bond donors (Lipinski definition) is 1. The Balaban J connectivity index is 0.00000312. The first-order valence-corrected chi connectivity index (χ1v) is 6.83. The van der Waals surface area contributed by atoms with E-state index >= 15 is 0 Å².